The van der Waals surface area contributed by atoms with Crippen LogP contribution in [0.2, 0.25) is 5.02 Å². The highest BCUT2D eigenvalue weighted by atomic mass is 79.9. The van der Waals surface area contributed by atoms with Crippen LogP contribution in [-0.2, 0) is 17.9 Å². The number of anilines is 1. The molecule has 158 valence electrons. The number of rotatable bonds is 8. The van der Waals surface area contributed by atoms with Gasteiger partial charge in [0, 0.05) is 23.2 Å². The second kappa shape index (κ2) is 9.22. The number of aryl methyl sites for hydroxylation is 1. The number of nitro groups is 1. The Kier molecular flexibility index (Phi) is 6.67. The van der Waals surface area contributed by atoms with E-state index >= 15 is 0 Å². The molecule has 3 aromatic rings. The van der Waals surface area contributed by atoms with E-state index in [4.69, 9.17) is 16.3 Å². The molecule has 1 amide bonds. The number of hydrogen-bond donors (Lipinski definition) is 1. The average Bonchev–Trinajstić information content (AvgIpc) is 3.26. The van der Waals surface area contributed by atoms with Gasteiger partial charge in [-0.25, -0.2) is 4.39 Å². The van der Waals surface area contributed by atoms with Crippen molar-refractivity contribution in [1.82, 2.24) is 19.6 Å². The molecule has 0 aliphatic rings. The molecule has 10 nitrogen and oxygen atoms in total. The van der Waals surface area contributed by atoms with Crippen LogP contribution in [0.4, 0.5) is 15.9 Å². The van der Waals surface area contributed by atoms with Crippen LogP contribution in [0.5, 0.6) is 5.88 Å². The summed E-state index contributed by atoms with van der Waals surface area (Å²) in [4.78, 5) is 22.6. The van der Waals surface area contributed by atoms with E-state index in [1.54, 1.807) is 12.3 Å². The maximum atomic E-state index is 14.0. The lowest BCUT2D eigenvalue weighted by atomic mass is 10.2. The molecular formula is C17H15BrClFN6O4. The van der Waals surface area contributed by atoms with Gasteiger partial charge in [-0.05, 0) is 28.1 Å². The first-order valence-corrected chi connectivity index (χ1v) is 9.67. The van der Waals surface area contributed by atoms with Gasteiger partial charge in [0.2, 0.25) is 5.91 Å². The molecule has 2 heterocycles. The van der Waals surface area contributed by atoms with Crippen LogP contribution in [-0.4, -0.2) is 37.5 Å². The Bertz CT molecular complexity index is 1080. The summed E-state index contributed by atoms with van der Waals surface area (Å²) in [6.45, 7) is 0.177. The van der Waals surface area contributed by atoms with Gasteiger partial charge in [-0.1, -0.05) is 17.7 Å². The summed E-state index contributed by atoms with van der Waals surface area (Å²) in [5.74, 6) is -0.726. The van der Waals surface area contributed by atoms with Crippen molar-refractivity contribution in [2.75, 3.05) is 12.4 Å². The largest absolute Gasteiger partial charge is 0.475 e. The van der Waals surface area contributed by atoms with Crippen LogP contribution in [0.3, 0.4) is 0 Å². The minimum Gasteiger partial charge on any atom is -0.475 e. The van der Waals surface area contributed by atoms with E-state index in [-0.39, 0.29) is 53.4 Å². The van der Waals surface area contributed by atoms with Gasteiger partial charge in [0.25, 0.3) is 0 Å². The molecule has 0 saturated carbocycles. The Balaban J connectivity index is 1.63. The molecule has 1 aromatic carbocycles. The van der Waals surface area contributed by atoms with E-state index in [9.17, 15) is 19.3 Å². The molecule has 0 aliphatic carbocycles. The molecule has 0 fully saturated rings. The van der Waals surface area contributed by atoms with E-state index < -0.39 is 10.7 Å². The summed E-state index contributed by atoms with van der Waals surface area (Å²) in [6, 6.07) is 4.39. The molecular weight excluding hydrogens is 487 g/mol. The number of ether oxygens (including phenoxy) is 1. The van der Waals surface area contributed by atoms with Crippen LogP contribution in [0.1, 0.15) is 12.0 Å². The van der Waals surface area contributed by atoms with Crippen LogP contribution in [0, 0.1) is 15.9 Å². The number of halogens is 3. The van der Waals surface area contributed by atoms with Gasteiger partial charge >= 0.3 is 11.6 Å². The summed E-state index contributed by atoms with van der Waals surface area (Å²) >= 11 is 9.33. The lowest BCUT2D eigenvalue weighted by Gasteiger charge is -2.06. The Morgan fingerprint density at radius 3 is 2.77 bits per heavy atom. The SMILES string of the molecule is COc1nn(CCC(=O)Nc2nn(Cc3c(F)cccc3Cl)cc2Br)cc1[N+](=O)[O-]. The average molecular weight is 502 g/mol. The topological polar surface area (TPSA) is 117 Å². The third kappa shape index (κ3) is 4.94. The smallest absolute Gasteiger partial charge is 0.350 e. The molecule has 0 saturated heterocycles. The van der Waals surface area contributed by atoms with Crippen LogP contribution >= 0.6 is 27.5 Å². The standard InChI is InChI=1S/C17H15BrClFN6O4/c1-30-17-14(26(28)29)9-24(23-17)6-5-15(27)21-16-11(18)8-25(22-16)7-10-12(19)3-2-4-13(10)20/h2-4,8-9H,5-7H2,1H3,(H,21,22,27). The number of amides is 1. The molecule has 0 bridgehead atoms. The number of carbonyl (C=O) groups is 1. The zero-order valence-electron chi connectivity index (χ0n) is 15.5. The fourth-order valence-electron chi connectivity index (χ4n) is 2.60. The summed E-state index contributed by atoms with van der Waals surface area (Å²) in [7, 11) is 1.27. The van der Waals surface area contributed by atoms with Crippen molar-refractivity contribution in [1.29, 1.82) is 0 Å². The first-order valence-electron chi connectivity index (χ1n) is 8.50. The Hall–Kier alpha value is -2.99. The minimum absolute atomic E-state index is 0.0135. The van der Waals surface area contributed by atoms with Gasteiger partial charge < -0.3 is 10.1 Å². The van der Waals surface area contributed by atoms with Crippen molar-refractivity contribution >= 4 is 44.9 Å². The zero-order valence-corrected chi connectivity index (χ0v) is 17.9. The number of methoxy groups -OCH3 is 1. The Morgan fingerprint density at radius 2 is 2.13 bits per heavy atom. The van der Waals surface area contributed by atoms with Crippen molar-refractivity contribution in [3.05, 3.63) is 61.6 Å². The second-order valence-corrected chi connectivity index (χ2v) is 7.33. The molecule has 3 rings (SSSR count). The summed E-state index contributed by atoms with van der Waals surface area (Å²) in [5, 5.41) is 22.0. The van der Waals surface area contributed by atoms with Crippen molar-refractivity contribution in [2.45, 2.75) is 19.5 Å². The molecule has 0 atom stereocenters. The lowest BCUT2D eigenvalue weighted by molar-refractivity contribution is -0.385. The summed E-state index contributed by atoms with van der Waals surface area (Å²) in [6.07, 6.45) is 2.76. The lowest BCUT2D eigenvalue weighted by Crippen LogP contribution is -2.15. The fraction of sp³-hybridized carbons (Fsp3) is 0.235. The maximum absolute atomic E-state index is 14.0. The predicted molar refractivity (Wildman–Crippen MR) is 109 cm³/mol. The van der Waals surface area contributed by atoms with E-state index in [0.717, 1.165) is 0 Å². The Labute approximate surface area is 182 Å². The molecule has 0 spiro atoms. The highest BCUT2D eigenvalue weighted by molar-refractivity contribution is 9.10. The quantitative estimate of drug-likeness (QED) is 0.372. The molecule has 0 unspecified atom stereocenters. The Morgan fingerprint density at radius 1 is 1.37 bits per heavy atom. The number of benzene rings is 1. The van der Waals surface area contributed by atoms with Gasteiger partial charge in [-0.3, -0.25) is 24.3 Å². The van der Waals surface area contributed by atoms with Gasteiger partial charge in [0.05, 0.1) is 29.6 Å². The molecule has 2 aromatic heterocycles. The number of nitrogens with one attached hydrogen (secondary N) is 1. The molecule has 13 heteroatoms. The van der Waals surface area contributed by atoms with E-state index in [1.807, 2.05) is 0 Å². The number of nitrogens with zero attached hydrogens (tertiary/aromatic N) is 5. The van der Waals surface area contributed by atoms with E-state index in [2.05, 4.69) is 31.4 Å². The summed E-state index contributed by atoms with van der Waals surface area (Å²) in [5.41, 5.74) is -0.00697. The monoisotopic (exact) mass is 500 g/mol. The third-order valence-electron chi connectivity index (χ3n) is 4.02. The minimum atomic E-state index is -0.617. The van der Waals surface area contributed by atoms with Crippen molar-refractivity contribution in [3.8, 4) is 5.88 Å². The van der Waals surface area contributed by atoms with Crippen molar-refractivity contribution < 1.29 is 18.8 Å². The second-order valence-electron chi connectivity index (χ2n) is 6.07. The molecule has 1 N–H and O–H groups in total. The normalized spacial score (nSPS) is 10.8. The highest BCUT2D eigenvalue weighted by Crippen LogP contribution is 2.25. The van der Waals surface area contributed by atoms with E-state index in [1.165, 1.54) is 34.8 Å². The number of hydrogen-bond acceptors (Lipinski definition) is 6. The first-order chi connectivity index (χ1) is 14.3. The van der Waals surface area contributed by atoms with Crippen LogP contribution in [0.15, 0.2) is 35.1 Å². The zero-order chi connectivity index (χ0) is 21.8. The number of aromatic nitrogens is 4. The van der Waals surface area contributed by atoms with Gasteiger partial charge in [0.1, 0.15) is 12.0 Å². The third-order valence-corrected chi connectivity index (χ3v) is 4.96. The molecule has 0 radical (unpaired) electrons. The van der Waals surface area contributed by atoms with Crippen LogP contribution < -0.4 is 10.1 Å². The predicted octanol–water partition coefficient (Wildman–Crippen LogP) is 3.63. The summed E-state index contributed by atoms with van der Waals surface area (Å²) < 4.78 is 22.0. The molecule has 30 heavy (non-hydrogen) atoms. The first kappa shape index (κ1) is 21.7. The van der Waals surface area contributed by atoms with Crippen LogP contribution in [0.25, 0.3) is 0 Å². The fourth-order valence-corrected chi connectivity index (χ4v) is 3.23. The van der Waals surface area contributed by atoms with Gasteiger partial charge in [-0.15, -0.1) is 5.10 Å². The van der Waals surface area contributed by atoms with E-state index in [0.29, 0.717) is 4.47 Å². The molecule has 0 aliphatic heterocycles. The van der Waals surface area contributed by atoms with Crippen molar-refractivity contribution in [2.24, 2.45) is 0 Å². The highest BCUT2D eigenvalue weighted by Gasteiger charge is 2.20. The maximum Gasteiger partial charge on any atom is 0.350 e. The van der Waals surface area contributed by atoms with Crippen molar-refractivity contribution in [3.63, 3.8) is 0 Å². The number of carbonyl (C=O) groups excluding carboxylic acids is 1. The van der Waals surface area contributed by atoms with Gasteiger partial charge in [-0.2, -0.15) is 5.10 Å². The van der Waals surface area contributed by atoms with Gasteiger partial charge in [0.15, 0.2) is 5.82 Å².